The minimum atomic E-state index is -1.04. The van der Waals surface area contributed by atoms with Crippen LogP contribution in [0.15, 0.2) is 54.6 Å². The number of aromatic nitrogens is 1. The Balaban J connectivity index is 1.78. The number of hydrogen-bond acceptors (Lipinski definition) is 3. The molecule has 0 aliphatic carbocycles. The van der Waals surface area contributed by atoms with Crippen LogP contribution in [0.25, 0.3) is 11.3 Å². The molecule has 0 aliphatic rings. The molecule has 4 nitrogen and oxygen atoms in total. The lowest BCUT2D eigenvalue weighted by Gasteiger charge is -2.09. The van der Waals surface area contributed by atoms with Gasteiger partial charge in [0.15, 0.2) is 0 Å². The zero-order chi connectivity index (χ0) is 19.4. The first-order valence-corrected chi connectivity index (χ1v) is 8.34. The van der Waals surface area contributed by atoms with E-state index in [1.165, 1.54) is 30.3 Å². The van der Waals surface area contributed by atoms with Crippen LogP contribution in [0.5, 0.6) is 5.88 Å². The van der Waals surface area contributed by atoms with Gasteiger partial charge in [-0.3, -0.25) is 4.79 Å². The fourth-order valence-corrected chi connectivity index (χ4v) is 2.65. The SMILES string of the molecule is O=C(O)Cc1ccc(-c2cccc(OCc3ccc(Cl)cc3F)n2)c(F)c1. The molecule has 27 heavy (non-hydrogen) atoms. The molecule has 0 amide bonds. The second kappa shape index (κ2) is 8.14. The molecule has 3 rings (SSSR count). The van der Waals surface area contributed by atoms with Crippen molar-refractivity contribution in [3.8, 4) is 17.1 Å². The van der Waals surface area contributed by atoms with E-state index < -0.39 is 17.6 Å². The fourth-order valence-electron chi connectivity index (χ4n) is 2.49. The minimum Gasteiger partial charge on any atom is -0.481 e. The molecule has 0 saturated carbocycles. The van der Waals surface area contributed by atoms with E-state index in [4.69, 9.17) is 21.4 Å². The van der Waals surface area contributed by atoms with E-state index >= 15 is 0 Å². The summed E-state index contributed by atoms with van der Waals surface area (Å²) >= 11 is 5.72. The first-order valence-electron chi connectivity index (χ1n) is 7.97. The molecule has 0 unspecified atom stereocenters. The van der Waals surface area contributed by atoms with Gasteiger partial charge < -0.3 is 9.84 Å². The summed E-state index contributed by atoms with van der Waals surface area (Å²) in [5, 5.41) is 9.07. The molecule has 0 aliphatic heterocycles. The lowest BCUT2D eigenvalue weighted by molar-refractivity contribution is -0.136. The largest absolute Gasteiger partial charge is 0.481 e. The molecule has 0 radical (unpaired) electrons. The van der Waals surface area contributed by atoms with Gasteiger partial charge in [0.2, 0.25) is 5.88 Å². The number of halogens is 3. The van der Waals surface area contributed by atoms with Crippen LogP contribution in [0.3, 0.4) is 0 Å². The van der Waals surface area contributed by atoms with Crippen molar-refractivity contribution in [2.24, 2.45) is 0 Å². The van der Waals surface area contributed by atoms with Gasteiger partial charge in [0.05, 0.1) is 12.1 Å². The lowest BCUT2D eigenvalue weighted by Crippen LogP contribution is -2.02. The average Bonchev–Trinajstić information content (AvgIpc) is 2.61. The van der Waals surface area contributed by atoms with Crippen LogP contribution in [-0.2, 0) is 17.8 Å². The van der Waals surface area contributed by atoms with Crippen molar-refractivity contribution in [3.05, 3.63) is 82.4 Å². The monoisotopic (exact) mass is 389 g/mol. The van der Waals surface area contributed by atoms with Crippen molar-refractivity contribution >= 4 is 17.6 Å². The summed E-state index contributed by atoms with van der Waals surface area (Å²) in [5.74, 6) is -1.90. The quantitative estimate of drug-likeness (QED) is 0.652. The molecular weight excluding hydrogens is 376 g/mol. The maximum atomic E-state index is 14.3. The highest BCUT2D eigenvalue weighted by atomic mass is 35.5. The molecule has 7 heteroatoms. The van der Waals surface area contributed by atoms with Crippen molar-refractivity contribution < 1.29 is 23.4 Å². The van der Waals surface area contributed by atoms with Gasteiger partial charge in [-0.05, 0) is 35.9 Å². The summed E-state index contributed by atoms with van der Waals surface area (Å²) in [7, 11) is 0. The molecule has 0 atom stereocenters. The van der Waals surface area contributed by atoms with E-state index in [1.54, 1.807) is 24.3 Å². The third-order valence-electron chi connectivity index (χ3n) is 3.78. The van der Waals surface area contributed by atoms with Crippen molar-refractivity contribution in [3.63, 3.8) is 0 Å². The molecule has 1 heterocycles. The van der Waals surface area contributed by atoms with E-state index in [0.717, 1.165) is 0 Å². The van der Waals surface area contributed by atoms with E-state index in [9.17, 15) is 13.6 Å². The maximum Gasteiger partial charge on any atom is 0.307 e. The van der Waals surface area contributed by atoms with Gasteiger partial charge in [0.1, 0.15) is 18.2 Å². The third kappa shape index (κ3) is 4.80. The first-order chi connectivity index (χ1) is 12.9. The topological polar surface area (TPSA) is 59.4 Å². The van der Waals surface area contributed by atoms with Crippen LogP contribution in [-0.4, -0.2) is 16.1 Å². The summed E-state index contributed by atoms with van der Waals surface area (Å²) in [6.07, 6.45) is -0.263. The molecule has 1 aromatic heterocycles. The van der Waals surface area contributed by atoms with Gasteiger partial charge in [-0.25, -0.2) is 13.8 Å². The van der Waals surface area contributed by atoms with Crippen LogP contribution in [0, 0.1) is 11.6 Å². The Kier molecular flexibility index (Phi) is 5.66. The van der Waals surface area contributed by atoms with E-state index in [0.29, 0.717) is 16.8 Å². The van der Waals surface area contributed by atoms with Gasteiger partial charge in [0, 0.05) is 22.2 Å². The third-order valence-corrected chi connectivity index (χ3v) is 4.01. The molecule has 1 N–H and O–H groups in total. The average molecular weight is 390 g/mol. The first kappa shape index (κ1) is 18.8. The zero-order valence-corrected chi connectivity index (χ0v) is 14.7. The normalized spacial score (nSPS) is 10.6. The predicted molar refractivity (Wildman–Crippen MR) is 96.7 cm³/mol. The Labute approximate surface area is 159 Å². The number of ether oxygens (including phenoxy) is 1. The maximum absolute atomic E-state index is 14.3. The van der Waals surface area contributed by atoms with Crippen LogP contribution in [0.4, 0.5) is 8.78 Å². The number of aliphatic carboxylic acids is 1. The highest BCUT2D eigenvalue weighted by Gasteiger charge is 2.11. The van der Waals surface area contributed by atoms with Crippen molar-refractivity contribution in [1.82, 2.24) is 4.98 Å². The Morgan fingerprint density at radius 3 is 2.59 bits per heavy atom. The molecule has 3 aromatic rings. The molecule has 138 valence electrons. The predicted octanol–water partition coefficient (Wildman–Crippen LogP) is 4.89. The second-order valence-corrected chi connectivity index (χ2v) is 6.21. The zero-order valence-electron chi connectivity index (χ0n) is 14.0. The molecule has 0 fully saturated rings. The number of carboxylic acid groups (broad SMARTS) is 1. The Bertz CT molecular complexity index is 995. The van der Waals surface area contributed by atoms with E-state index in [-0.39, 0.29) is 29.5 Å². The van der Waals surface area contributed by atoms with Crippen molar-refractivity contribution in [2.75, 3.05) is 0 Å². The lowest BCUT2D eigenvalue weighted by atomic mass is 10.1. The van der Waals surface area contributed by atoms with Gasteiger partial charge in [-0.1, -0.05) is 29.8 Å². The molecule has 0 saturated heterocycles. The second-order valence-electron chi connectivity index (χ2n) is 5.77. The number of pyridine rings is 1. The summed E-state index contributed by atoms with van der Waals surface area (Å²) in [5.41, 5.74) is 1.21. The van der Waals surface area contributed by atoms with Crippen LogP contribution in [0.2, 0.25) is 5.02 Å². The molecule has 2 aromatic carbocycles. The number of benzene rings is 2. The van der Waals surface area contributed by atoms with Crippen molar-refractivity contribution in [2.45, 2.75) is 13.0 Å². The molecule has 0 bridgehead atoms. The standard InChI is InChI=1S/C20H14ClF2NO3/c21-14-6-5-13(16(22)10-14)11-27-19-3-1-2-18(24-19)15-7-4-12(8-17(15)23)9-20(25)26/h1-8,10H,9,11H2,(H,25,26). The Hall–Kier alpha value is -2.99. The number of rotatable bonds is 6. The van der Waals surface area contributed by atoms with Crippen LogP contribution >= 0.6 is 11.6 Å². The van der Waals surface area contributed by atoms with Gasteiger partial charge >= 0.3 is 5.97 Å². The number of nitrogens with zero attached hydrogens (tertiary/aromatic N) is 1. The van der Waals surface area contributed by atoms with E-state index in [1.807, 2.05) is 0 Å². The Morgan fingerprint density at radius 1 is 1.07 bits per heavy atom. The molecular formula is C20H14ClF2NO3. The minimum absolute atomic E-state index is 0.0561. The van der Waals surface area contributed by atoms with Gasteiger partial charge in [0.25, 0.3) is 0 Å². The summed E-state index contributed by atoms with van der Waals surface area (Å²) < 4.78 is 33.6. The van der Waals surface area contributed by atoms with E-state index in [2.05, 4.69) is 4.98 Å². The van der Waals surface area contributed by atoms with Crippen LogP contribution < -0.4 is 4.74 Å². The summed E-state index contributed by atoms with van der Waals surface area (Å²) in [6.45, 7) is -0.0561. The summed E-state index contributed by atoms with van der Waals surface area (Å²) in [4.78, 5) is 15.0. The van der Waals surface area contributed by atoms with Crippen LogP contribution in [0.1, 0.15) is 11.1 Å². The highest BCUT2D eigenvalue weighted by Crippen LogP contribution is 2.25. The smallest absolute Gasteiger partial charge is 0.307 e. The van der Waals surface area contributed by atoms with Gasteiger partial charge in [-0.2, -0.15) is 0 Å². The van der Waals surface area contributed by atoms with Gasteiger partial charge in [-0.15, -0.1) is 0 Å². The molecule has 0 spiro atoms. The summed E-state index contributed by atoms with van der Waals surface area (Å²) in [6, 6.07) is 13.3. The number of carboxylic acids is 1. The number of hydrogen-bond donors (Lipinski definition) is 1. The van der Waals surface area contributed by atoms with Crippen molar-refractivity contribution in [1.29, 1.82) is 0 Å². The fraction of sp³-hybridized carbons (Fsp3) is 0.100. The highest BCUT2D eigenvalue weighted by molar-refractivity contribution is 6.30. The number of carbonyl (C=O) groups is 1. The Morgan fingerprint density at radius 2 is 1.89 bits per heavy atom.